The van der Waals surface area contributed by atoms with Crippen LogP contribution in [0.3, 0.4) is 0 Å². The molecule has 0 spiro atoms. The van der Waals surface area contributed by atoms with Crippen LogP contribution in [0.5, 0.6) is 0 Å². The van der Waals surface area contributed by atoms with E-state index in [1.807, 2.05) is 6.92 Å². The molecule has 2 rings (SSSR count). The molecule has 0 saturated heterocycles. The van der Waals surface area contributed by atoms with Gasteiger partial charge in [0.25, 0.3) is 5.91 Å². The number of rotatable bonds is 2. The van der Waals surface area contributed by atoms with Crippen molar-refractivity contribution < 1.29 is 9.18 Å². The first-order valence-corrected chi connectivity index (χ1v) is 6.31. The molecule has 108 valence electrons. The number of nitrogens with one attached hydrogen (secondary N) is 1. The highest BCUT2D eigenvalue weighted by Crippen LogP contribution is 2.13. The zero-order valence-corrected chi connectivity index (χ0v) is 11.8. The number of nitrogens with two attached hydrogens (primary N) is 1. The predicted octanol–water partition coefficient (Wildman–Crippen LogP) is 1.43. The maximum atomic E-state index is 13.8. The molecule has 0 saturated carbocycles. The molecule has 1 heterocycles. The molecular formula is C15H15FN4O. The van der Waals surface area contributed by atoms with Gasteiger partial charge >= 0.3 is 0 Å². The average molecular weight is 286 g/mol. The van der Waals surface area contributed by atoms with E-state index in [2.05, 4.69) is 22.3 Å². The molecule has 1 aromatic carbocycles. The first-order chi connectivity index (χ1) is 10.0. The Morgan fingerprint density at radius 3 is 2.81 bits per heavy atom. The molecule has 21 heavy (non-hydrogen) atoms. The summed E-state index contributed by atoms with van der Waals surface area (Å²) in [7, 11) is 1.72. The van der Waals surface area contributed by atoms with Crippen molar-refractivity contribution in [3.8, 4) is 11.8 Å². The Labute approximate surface area is 122 Å². The van der Waals surface area contributed by atoms with Gasteiger partial charge in [0.1, 0.15) is 11.6 Å². The number of carbonyl (C=O) groups excluding carboxylic acids is 1. The number of benzene rings is 1. The molecule has 5 nitrogen and oxygen atoms in total. The fourth-order valence-corrected chi connectivity index (χ4v) is 1.82. The van der Waals surface area contributed by atoms with E-state index in [0.29, 0.717) is 5.82 Å². The Balaban J connectivity index is 2.20. The zero-order valence-electron chi connectivity index (χ0n) is 11.8. The van der Waals surface area contributed by atoms with Gasteiger partial charge in [-0.05, 0) is 25.1 Å². The molecule has 0 aliphatic carbocycles. The molecule has 0 radical (unpaired) electrons. The van der Waals surface area contributed by atoms with Gasteiger partial charge in [0.2, 0.25) is 0 Å². The second kappa shape index (κ2) is 6.20. The summed E-state index contributed by atoms with van der Waals surface area (Å²) in [5.41, 5.74) is 6.45. The Kier molecular flexibility index (Phi) is 4.36. The van der Waals surface area contributed by atoms with Gasteiger partial charge in [-0.1, -0.05) is 11.8 Å². The third kappa shape index (κ3) is 3.46. The number of aryl methyl sites for hydroxylation is 2. The van der Waals surface area contributed by atoms with E-state index in [0.717, 1.165) is 11.8 Å². The average Bonchev–Trinajstić information content (AvgIpc) is 2.75. The number of hydrogen-bond donors (Lipinski definition) is 2. The van der Waals surface area contributed by atoms with Crippen molar-refractivity contribution in [2.45, 2.75) is 6.92 Å². The molecule has 0 atom stereocenters. The number of halogens is 1. The molecule has 0 aliphatic rings. The lowest BCUT2D eigenvalue weighted by atomic mass is 10.1. The van der Waals surface area contributed by atoms with E-state index >= 15 is 0 Å². The summed E-state index contributed by atoms with van der Waals surface area (Å²) >= 11 is 0. The fraction of sp³-hybridized carbons (Fsp3) is 0.200. The second-order valence-corrected chi connectivity index (χ2v) is 4.45. The van der Waals surface area contributed by atoms with Gasteiger partial charge in [-0.3, -0.25) is 9.48 Å². The Morgan fingerprint density at radius 1 is 1.48 bits per heavy atom. The number of carbonyl (C=O) groups is 1. The van der Waals surface area contributed by atoms with E-state index in [9.17, 15) is 9.18 Å². The van der Waals surface area contributed by atoms with Gasteiger partial charge in [-0.25, -0.2) is 4.39 Å². The lowest BCUT2D eigenvalue weighted by Crippen LogP contribution is -2.14. The van der Waals surface area contributed by atoms with Crippen LogP contribution < -0.4 is 11.1 Å². The first-order valence-electron chi connectivity index (χ1n) is 6.31. The summed E-state index contributed by atoms with van der Waals surface area (Å²) in [5.74, 6) is 4.76. The maximum absolute atomic E-state index is 13.8. The summed E-state index contributed by atoms with van der Waals surface area (Å²) in [5, 5.41) is 6.80. The van der Waals surface area contributed by atoms with Gasteiger partial charge < -0.3 is 11.1 Å². The van der Waals surface area contributed by atoms with Gasteiger partial charge in [-0.2, -0.15) is 5.10 Å². The largest absolute Gasteiger partial charge is 0.320 e. The molecule has 0 fully saturated rings. The van der Waals surface area contributed by atoms with Crippen LogP contribution in [-0.2, 0) is 7.05 Å². The van der Waals surface area contributed by atoms with Crippen LogP contribution in [0.1, 0.15) is 21.6 Å². The minimum absolute atomic E-state index is 0.154. The molecule has 0 aliphatic heterocycles. The monoisotopic (exact) mass is 286 g/mol. The Hall–Kier alpha value is -2.65. The maximum Gasteiger partial charge on any atom is 0.256 e. The van der Waals surface area contributed by atoms with Gasteiger partial charge in [0.15, 0.2) is 0 Å². The van der Waals surface area contributed by atoms with Crippen LogP contribution in [0, 0.1) is 24.6 Å². The molecule has 1 aromatic heterocycles. The normalized spacial score (nSPS) is 9.90. The third-order valence-corrected chi connectivity index (χ3v) is 2.80. The van der Waals surface area contributed by atoms with Crippen molar-refractivity contribution in [2.75, 3.05) is 11.9 Å². The van der Waals surface area contributed by atoms with Crippen molar-refractivity contribution in [1.82, 2.24) is 9.78 Å². The van der Waals surface area contributed by atoms with Crippen molar-refractivity contribution in [3.63, 3.8) is 0 Å². The molecule has 0 bridgehead atoms. The summed E-state index contributed by atoms with van der Waals surface area (Å²) in [6.45, 7) is 1.97. The lowest BCUT2D eigenvalue weighted by Gasteiger charge is -2.05. The van der Waals surface area contributed by atoms with E-state index in [1.54, 1.807) is 17.8 Å². The first kappa shape index (κ1) is 14.8. The molecule has 1 amide bonds. The minimum Gasteiger partial charge on any atom is -0.320 e. The quantitative estimate of drug-likeness (QED) is 0.820. The topological polar surface area (TPSA) is 72.9 Å². The number of anilines is 1. The molecule has 0 unspecified atom stereocenters. The highest BCUT2D eigenvalue weighted by atomic mass is 19.1. The van der Waals surface area contributed by atoms with Gasteiger partial charge in [0, 0.05) is 18.7 Å². The molecular weight excluding hydrogens is 271 g/mol. The van der Waals surface area contributed by atoms with Crippen molar-refractivity contribution >= 4 is 11.7 Å². The summed E-state index contributed by atoms with van der Waals surface area (Å²) < 4.78 is 15.4. The highest BCUT2D eigenvalue weighted by molar-refractivity contribution is 6.03. The van der Waals surface area contributed by atoms with Crippen LogP contribution in [0.25, 0.3) is 0 Å². The zero-order chi connectivity index (χ0) is 15.4. The van der Waals surface area contributed by atoms with Crippen molar-refractivity contribution in [1.29, 1.82) is 0 Å². The summed E-state index contributed by atoms with van der Waals surface area (Å²) in [4.78, 5) is 12.1. The Bertz CT molecular complexity index is 740. The summed E-state index contributed by atoms with van der Waals surface area (Å²) in [6, 6.07) is 5.86. The number of aromatic nitrogens is 2. The minimum atomic E-state index is -0.551. The van der Waals surface area contributed by atoms with E-state index < -0.39 is 11.7 Å². The van der Waals surface area contributed by atoms with E-state index in [-0.39, 0.29) is 17.7 Å². The number of amides is 1. The van der Waals surface area contributed by atoms with Crippen LogP contribution in [0.4, 0.5) is 10.2 Å². The smallest absolute Gasteiger partial charge is 0.256 e. The molecule has 6 heteroatoms. The number of hydrogen-bond acceptors (Lipinski definition) is 3. The van der Waals surface area contributed by atoms with E-state index in [1.165, 1.54) is 12.1 Å². The summed E-state index contributed by atoms with van der Waals surface area (Å²) in [6.07, 6.45) is 0. The van der Waals surface area contributed by atoms with Crippen molar-refractivity contribution in [3.05, 3.63) is 46.9 Å². The Morgan fingerprint density at radius 2 is 2.24 bits per heavy atom. The van der Waals surface area contributed by atoms with Gasteiger partial charge in [-0.15, -0.1) is 0 Å². The SMILES string of the molecule is Cc1cc(NC(=O)c2ccc(C#CCN)c(F)c2)n(C)n1. The van der Waals surface area contributed by atoms with Crippen LogP contribution in [0.2, 0.25) is 0 Å². The van der Waals surface area contributed by atoms with Crippen LogP contribution in [-0.4, -0.2) is 22.2 Å². The van der Waals surface area contributed by atoms with Gasteiger partial charge in [0.05, 0.1) is 17.8 Å². The molecule has 2 aromatic rings. The van der Waals surface area contributed by atoms with Crippen LogP contribution in [0.15, 0.2) is 24.3 Å². The molecule has 3 N–H and O–H groups in total. The fourth-order valence-electron chi connectivity index (χ4n) is 1.82. The van der Waals surface area contributed by atoms with Crippen molar-refractivity contribution in [2.24, 2.45) is 12.8 Å². The third-order valence-electron chi connectivity index (χ3n) is 2.80. The second-order valence-electron chi connectivity index (χ2n) is 4.45. The standard InChI is InChI=1S/C15H15FN4O/c1-10-8-14(20(2)19-10)18-15(21)12-6-5-11(4-3-7-17)13(16)9-12/h5-6,8-9H,7,17H2,1-2H3,(H,18,21). The highest BCUT2D eigenvalue weighted by Gasteiger charge is 2.11. The number of nitrogens with zero attached hydrogens (tertiary/aromatic N) is 2. The lowest BCUT2D eigenvalue weighted by molar-refractivity contribution is 0.102. The predicted molar refractivity (Wildman–Crippen MR) is 78.2 cm³/mol. The van der Waals surface area contributed by atoms with Crippen LogP contribution >= 0.6 is 0 Å². The van der Waals surface area contributed by atoms with E-state index in [4.69, 9.17) is 5.73 Å².